The molecule has 1 aliphatic rings. The molecule has 198 valence electrons. The molecule has 0 spiro atoms. The Balaban J connectivity index is 1.99. The molecule has 9 heteroatoms. The SMILES string of the molecule is CCOc1cccc(N2C(=O)C(=O)/C(=C(/O)c3cc(OC)ccc3OC)C2c2ccc(O)c(OCC)c2)c1. The van der Waals surface area contributed by atoms with Crippen LogP contribution in [-0.4, -0.2) is 49.3 Å². The third kappa shape index (κ3) is 4.82. The molecule has 9 nitrogen and oxygen atoms in total. The van der Waals surface area contributed by atoms with Crippen LogP contribution in [0.1, 0.15) is 31.0 Å². The second-order valence-electron chi connectivity index (χ2n) is 8.33. The van der Waals surface area contributed by atoms with E-state index in [4.69, 9.17) is 18.9 Å². The first kappa shape index (κ1) is 26.4. The van der Waals surface area contributed by atoms with Crippen LogP contribution in [0.2, 0.25) is 0 Å². The molecule has 1 saturated heterocycles. The molecule has 1 unspecified atom stereocenters. The van der Waals surface area contributed by atoms with E-state index in [-0.39, 0.29) is 35.0 Å². The van der Waals surface area contributed by atoms with Gasteiger partial charge in [-0.2, -0.15) is 0 Å². The molecule has 4 rings (SSSR count). The van der Waals surface area contributed by atoms with Gasteiger partial charge in [0.1, 0.15) is 23.0 Å². The molecule has 3 aromatic rings. The number of benzene rings is 3. The Kier molecular flexibility index (Phi) is 7.76. The molecule has 0 aliphatic carbocycles. The lowest BCUT2D eigenvalue weighted by Crippen LogP contribution is -2.29. The number of methoxy groups -OCH3 is 2. The number of rotatable bonds is 9. The van der Waals surface area contributed by atoms with Crippen LogP contribution in [0.3, 0.4) is 0 Å². The monoisotopic (exact) mass is 519 g/mol. The Morgan fingerprint density at radius 2 is 1.63 bits per heavy atom. The lowest BCUT2D eigenvalue weighted by molar-refractivity contribution is -0.132. The molecule has 1 atom stereocenters. The Morgan fingerprint density at radius 1 is 0.868 bits per heavy atom. The summed E-state index contributed by atoms with van der Waals surface area (Å²) in [5, 5.41) is 21.8. The fourth-order valence-corrected chi connectivity index (χ4v) is 4.42. The smallest absolute Gasteiger partial charge is 0.300 e. The summed E-state index contributed by atoms with van der Waals surface area (Å²) in [6, 6.07) is 15.0. The summed E-state index contributed by atoms with van der Waals surface area (Å²) in [6.45, 7) is 4.31. The third-order valence-electron chi connectivity index (χ3n) is 6.11. The maximum atomic E-state index is 13.5. The molecule has 2 N–H and O–H groups in total. The second-order valence-corrected chi connectivity index (χ2v) is 8.33. The van der Waals surface area contributed by atoms with Crippen LogP contribution in [0.4, 0.5) is 5.69 Å². The molecule has 0 bridgehead atoms. The predicted octanol–water partition coefficient (Wildman–Crippen LogP) is 4.83. The number of carbonyl (C=O) groups excluding carboxylic acids is 2. The first-order valence-electron chi connectivity index (χ1n) is 12.1. The van der Waals surface area contributed by atoms with Crippen LogP contribution in [0.25, 0.3) is 5.76 Å². The highest BCUT2D eigenvalue weighted by Gasteiger charge is 2.47. The van der Waals surface area contributed by atoms with E-state index < -0.39 is 23.5 Å². The van der Waals surface area contributed by atoms with Gasteiger partial charge in [-0.05, 0) is 61.9 Å². The van der Waals surface area contributed by atoms with Crippen LogP contribution < -0.4 is 23.8 Å². The average molecular weight is 520 g/mol. The fraction of sp³-hybridized carbons (Fsp3) is 0.241. The molecule has 1 heterocycles. The van der Waals surface area contributed by atoms with Gasteiger partial charge in [-0.25, -0.2) is 0 Å². The molecule has 38 heavy (non-hydrogen) atoms. The van der Waals surface area contributed by atoms with E-state index in [1.54, 1.807) is 55.5 Å². The summed E-state index contributed by atoms with van der Waals surface area (Å²) < 4.78 is 21.9. The number of anilines is 1. The molecule has 3 aromatic carbocycles. The summed E-state index contributed by atoms with van der Waals surface area (Å²) in [5.74, 6) is -0.848. The quantitative estimate of drug-likeness (QED) is 0.235. The van der Waals surface area contributed by atoms with Crippen molar-refractivity contribution in [3.8, 4) is 28.7 Å². The van der Waals surface area contributed by atoms with Gasteiger partial charge in [0.25, 0.3) is 11.7 Å². The Bertz CT molecular complexity index is 1400. The number of Topliss-reactive ketones (excluding diaryl/α,β-unsaturated/α-hetero) is 1. The topological polar surface area (TPSA) is 115 Å². The molecule has 0 aromatic heterocycles. The summed E-state index contributed by atoms with van der Waals surface area (Å²) in [5.41, 5.74) is 0.861. The Hall–Kier alpha value is -4.66. The van der Waals surface area contributed by atoms with Gasteiger partial charge in [0.05, 0.1) is 44.6 Å². The minimum Gasteiger partial charge on any atom is -0.507 e. The molecule has 1 aliphatic heterocycles. The number of aromatic hydroxyl groups is 1. The Morgan fingerprint density at radius 3 is 2.32 bits per heavy atom. The highest BCUT2D eigenvalue weighted by molar-refractivity contribution is 6.51. The standard InChI is InChI=1S/C29H29NO8/c1-5-37-20-9-7-8-18(15-20)30-26(17-10-12-22(31)24(14-17)38-6-2)25(28(33)29(30)34)27(32)21-16-19(35-3)11-13-23(21)36-4/h7-16,26,31-32H,5-6H2,1-4H3/b27-25+. The van der Waals surface area contributed by atoms with Crippen LogP contribution in [0, 0.1) is 0 Å². The number of hydrogen-bond donors (Lipinski definition) is 2. The van der Waals surface area contributed by atoms with Gasteiger partial charge in [-0.1, -0.05) is 12.1 Å². The molecular weight excluding hydrogens is 490 g/mol. The average Bonchev–Trinajstić information content (AvgIpc) is 3.19. The van der Waals surface area contributed by atoms with Gasteiger partial charge in [0.15, 0.2) is 11.5 Å². The normalized spacial score (nSPS) is 16.4. The number of phenols is 1. The summed E-state index contributed by atoms with van der Waals surface area (Å²) in [6.07, 6.45) is 0. The van der Waals surface area contributed by atoms with Crippen LogP contribution in [-0.2, 0) is 9.59 Å². The van der Waals surface area contributed by atoms with E-state index in [0.717, 1.165) is 0 Å². The first-order valence-corrected chi connectivity index (χ1v) is 12.1. The van der Waals surface area contributed by atoms with Gasteiger partial charge in [0.2, 0.25) is 0 Å². The van der Waals surface area contributed by atoms with Crippen molar-refractivity contribution in [1.82, 2.24) is 0 Å². The lowest BCUT2D eigenvalue weighted by atomic mass is 9.94. The maximum absolute atomic E-state index is 13.5. The van der Waals surface area contributed by atoms with Gasteiger partial charge in [-0.3, -0.25) is 14.5 Å². The maximum Gasteiger partial charge on any atom is 0.300 e. The molecule has 0 radical (unpaired) electrons. The van der Waals surface area contributed by atoms with E-state index in [9.17, 15) is 19.8 Å². The highest BCUT2D eigenvalue weighted by atomic mass is 16.5. The Labute approximate surface area is 220 Å². The molecular formula is C29H29NO8. The first-order chi connectivity index (χ1) is 18.3. The number of hydrogen-bond acceptors (Lipinski definition) is 8. The number of nitrogens with zero attached hydrogens (tertiary/aromatic N) is 1. The van der Waals surface area contributed by atoms with E-state index in [1.807, 2.05) is 6.92 Å². The second kappa shape index (κ2) is 11.2. The van der Waals surface area contributed by atoms with Crippen molar-refractivity contribution in [3.63, 3.8) is 0 Å². The number of ether oxygens (including phenoxy) is 4. The number of ketones is 1. The van der Waals surface area contributed by atoms with Crippen molar-refractivity contribution in [3.05, 3.63) is 77.4 Å². The van der Waals surface area contributed by atoms with Crippen LogP contribution >= 0.6 is 0 Å². The fourth-order valence-electron chi connectivity index (χ4n) is 4.42. The van der Waals surface area contributed by atoms with Gasteiger partial charge >= 0.3 is 0 Å². The number of phenolic OH excluding ortho intramolecular Hbond substituents is 1. The lowest BCUT2D eigenvalue weighted by Gasteiger charge is -2.26. The van der Waals surface area contributed by atoms with Crippen molar-refractivity contribution in [2.45, 2.75) is 19.9 Å². The summed E-state index contributed by atoms with van der Waals surface area (Å²) in [4.78, 5) is 28.3. The predicted molar refractivity (Wildman–Crippen MR) is 141 cm³/mol. The number of amides is 1. The minimum absolute atomic E-state index is 0.0969. The number of aliphatic hydroxyl groups excluding tert-OH is 1. The zero-order valence-corrected chi connectivity index (χ0v) is 21.6. The summed E-state index contributed by atoms with van der Waals surface area (Å²) in [7, 11) is 2.91. The zero-order valence-electron chi connectivity index (χ0n) is 21.6. The minimum atomic E-state index is -1.05. The van der Waals surface area contributed by atoms with Crippen molar-refractivity contribution in [2.24, 2.45) is 0 Å². The van der Waals surface area contributed by atoms with Gasteiger partial charge in [-0.15, -0.1) is 0 Å². The van der Waals surface area contributed by atoms with Gasteiger partial charge < -0.3 is 29.2 Å². The van der Waals surface area contributed by atoms with Gasteiger partial charge in [0, 0.05) is 11.8 Å². The van der Waals surface area contributed by atoms with Crippen molar-refractivity contribution in [1.29, 1.82) is 0 Å². The number of carbonyl (C=O) groups is 2. The summed E-state index contributed by atoms with van der Waals surface area (Å²) >= 11 is 0. The van der Waals surface area contributed by atoms with Crippen molar-refractivity contribution < 1.29 is 38.7 Å². The van der Waals surface area contributed by atoms with Crippen LogP contribution in [0.5, 0.6) is 28.7 Å². The highest BCUT2D eigenvalue weighted by Crippen LogP contribution is 2.45. The largest absolute Gasteiger partial charge is 0.507 e. The van der Waals surface area contributed by atoms with E-state index >= 15 is 0 Å². The van der Waals surface area contributed by atoms with E-state index in [1.165, 1.54) is 31.3 Å². The molecule has 0 saturated carbocycles. The van der Waals surface area contributed by atoms with Crippen LogP contribution in [0.15, 0.2) is 66.2 Å². The third-order valence-corrected chi connectivity index (χ3v) is 6.11. The van der Waals surface area contributed by atoms with E-state index in [2.05, 4.69) is 0 Å². The van der Waals surface area contributed by atoms with E-state index in [0.29, 0.717) is 29.4 Å². The molecule has 1 fully saturated rings. The molecule has 1 amide bonds. The zero-order chi connectivity index (χ0) is 27.4. The van der Waals surface area contributed by atoms with Crippen molar-refractivity contribution in [2.75, 3.05) is 32.3 Å². The van der Waals surface area contributed by atoms with Crippen molar-refractivity contribution >= 4 is 23.1 Å². The number of aliphatic hydroxyl groups is 1.